The average molecular weight is 298 g/mol. The van der Waals surface area contributed by atoms with Gasteiger partial charge in [0.2, 0.25) is 0 Å². The van der Waals surface area contributed by atoms with Gasteiger partial charge in [0.25, 0.3) is 0 Å². The van der Waals surface area contributed by atoms with Crippen LogP contribution in [0.5, 0.6) is 0 Å². The minimum Gasteiger partial charge on any atom is -0.360 e. The minimum atomic E-state index is -2.14. The molecule has 0 spiro atoms. The van der Waals surface area contributed by atoms with Crippen molar-refractivity contribution < 1.29 is 13.3 Å². The second-order valence-electron chi connectivity index (χ2n) is 3.66. The highest BCUT2D eigenvalue weighted by Gasteiger charge is 2.62. The fraction of sp³-hybridized carbons (Fsp3) is 1.00. The van der Waals surface area contributed by atoms with E-state index in [1.165, 1.54) is 25.7 Å². The molecule has 68 valence electrons. The maximum Gasteiger partial charge on any atom is 0.573 e. The topological polar surface area (TPSA) is 27.7 Å². The molecule has 2 atom stereocenters. The highest BCUT2D eigenvalue weighted by Crippen LogP contribution is 2.45. The summed E-state index contributed by atoms with van der Waals surface area (Å²) in [5.41, 5.74) is 0. The molecule has 0 amide bonds. The molecule has 3 aliphatic rings. The van der Waals surface area contributed by atoms with Crippen LogP contribution < -0.4 is 0 Å². The van der Waals surface area contributed by atoms with Gasteiger partial charge in [0.15, 0.2) is 0 Å². The van der Waals surface area contributed by atoms with Crippen LogP contribution in [0.4, 0.5) is 0 Å². The van der Waals surface area contributed by atoms with Crippen molar-refractivity contribution in [2.45, 2.75) is 44.0 Å². The summed E-state index contributed by atoms with van der Waals surface area (Å²) in [5.74, 6) is 0. The molecule has 3 fully saturated rings. The van der Waals surface area contributed by atoms with Gasteiger partial charge in [-0.2, -0.15) is 0 Å². The molecule has 2 saturated heterocycles. The van der Waals surface area contributed by atoms with E-state index < -0.39 is 6.30 Å². The summed E-state index contributed by atoms with van der Waals surface area (Å²) in [6.45, 7) is 0. The molecule has 2 heterocycles. The molecule has 0 radical (unpaired) electrons. The molecule has 1 aliphatic carbocycles. The van der Waals surface area contributed by atoms with Gasteiger partial charge in [-0.05, 0) is 34.6 Å². The Balaban J connectivity index is 1.91. The third-order valence-electron chi connectivity index (χ3n) is 2.82. The van der Waals surface area contributed by atoms with Crippen LogP contribution in [0, 0.1) is 0 Å². The first kappa shape index (κ1) is 8.16. The lowest BCUT2D eigenvalue weighted by Crippen LogP contribution is -2.41. The predicted molar refractivity (Wildman–Crippen MR) is 52.9 cm³/mol. The number of hydrogen-bond acceptors (Lipinski definition) is 3. The van der Waals surface area contributed by atoms with Gasteiger partial charge in [-0.25, -0.2) is 0 Å². The molecular weight excluding hydrogens is 287 g/mol. The Kier molecular flexibility index (Phi) is 1.81. The van der Waals surface area contributed by atoms with Crippen molar-refractivity contribution >= 4 is 28.1 Å². The van der Waals surface area contributed by atoms with E-state index in [-0.39, 0.29) is 6.10 Å². The Morgan fingerprint density at radius 2 is 1.58 bits per heavy atom. The summed E-state index contributed by atoms with van der Waals surface area (Å²) in [4.78, 5) is 0. The van der Waals surface area contributed by atoms with Gasteiger partial charge in [-0.3, -0.25) is 0 Å². The molecule has 3 nitrogen and oxygen atoms in total. The summed E-state index contributed by atoms with van der Waals surface area (Å²) in [6.07, 6.45) is 3.72. The average Bonchev–Trinajstić information content (AvgIpc) is 2.48. The molecule has 2 bridgehead atoms. The highest BCUT2D eigenvalue weighted by atomic mass is 127. The molecule has 1 saturated carbocycles. The van der Waals surface area contributed by atoms with Crippen LogP contribution in [0.15, 0.2) is 0 Å². The van der Waals surface area contributed by atoms with Crippen molar-refractivity contribution in [3.63, 3.8) is 0 Å². The van der Waals surface area contributed by atoms with Crippen molar-refractivity contribution in [1.29, 1.82) is 0 Å². The largest absolute Gasteiger partial charge is 0.573 e. The van der Waals surface area contributed by atoms with Gasteiger partial charge in [0.1, 0.15) is 6.10 Å². The van der Waals surface area contributed by atoms with E-state index in [4.69, 9.17) is 13.3 Å². The lowest BCUT2D eigenvalue weighted by atomic mass is 10.1. The molecule has 0 aromatic heterocycles. The van der Waals surface area contributed by atoms with Gasteiger partial charge in [-0.15, -0.1) is 0 Å². The Bertz CT molecular complexity index is 191. The Morgan fingerprint density at radius 3 is 2.08 bits per heavy atom. The van der Waals surface area contributed by atoms with E-state index in [1.54, 1.807) is 0 Å². The van der Waals surface area contributed by atoms with Crippen LogP contribution in [-0.4, -0.2) is 24.6 Å². The molecule has 2 unspecified atom stereocenters. The molecule has 3 rings (SSSR count). The lowest BCUT2D eigenvalue weighted by Gasteiger charge is -2.25. The fourth-order valence-electron chi connectivity index (χ4n) is 2.27. The zero-order chi connectivity index (χ0) is 8.18. The minimum absolute atomic E-state index is 0.274. The first-order valence-electron chi connectivity index (χ1n) is 4.49. The second kappa shape index (κ2) is 2.66. The van der Waals surface area contributed by atoms with E-state index in [0.29, 0.717) is 12.2 Å². The summed E-state index contributed by atoms with van der Waals surface area (Å²) < 4.78 is 17.3. The molecule has 12 heavy (non-hydrogen) atoms. The van der Waals surface area contributed by atoms with Crippen LogP contribution in [-0.2, 0) is 13.3 Å². The van der Waals surface area contributed by atoms with Crippen LogP contribution in [0.3, 0.4) is 0 Å². The molecule has 0 aromatic rings. The lowest BCUT2D eigenvalue weighted by molar-refractivity contribution is 0.0340. The van der Waals surface area contributed by atoms with Crippen LogP contribution in [0.1, 0.15) is 25.7 Å². The summed E-state index contributed by atoms with van der Waals surface area (Å²) >= 11 is 2.25. The summed E-state index contributed by atoms with van der Waals surface area (Å²) in [7, 11) is 0. The Morgan fingerprint density at radius 1 is 1.00 bits per heavy atom. The van der Waals surface area contributed by atoms with Crippen molar-refractivity contribution in [1.82, 2.24) is 0 Å². The third kappa shape index (κ3) is 1.10. The molecule has 2 aliphatic heterocycles. The van der Waals surface area contributed by atoms with E-state index in [0.717, 1.165) is 0 Å². The van der Waals surface area contributed by atoms with Gasteiger partial charge in [0.05, 0.1) is 12.2 Å². The van der Waals surface area contributed by atoms with Crippen LogP contribution in [0.2, 0.25) is 0 Å². The highest BCUT2D eigenvalue weighted by molar-refractivity contribution is 14.1. The van der Waals surface area contributed by atoms with Crippen molar-refractivity contribution in [3.8, 4) is 0 Å². The summed E-state index contributed by atoms with van der Waals surface area (Å²) in [5, 5.41) is 0. The molecule has 0 N–H and O–H groups in total. The first-order valence-corrected chi connectivity index (χ1v) is 9.33. The standard InChI is InChI=1S/C7H11IO3Si/c8-12-9-5-3-1-2-4-6(10-12)7(5)11-12/h5-7H,1-4H2. The number of hydrogen-bond donors (Lipinski definition) is 0. The zero-order valence-corrected chi connectivity index (χ0v) is 9.82. The normalized spacial score (nSPS) is 57.2. The smallest absolute Gasteiger partial charge is 0.360 e. The van der Waals surface area contributed by atoms with Gasteiger partial charge >= 0.3 is 6.30 Å². The van der Waals surface area contributed by atoms with E-state index in [1.807, 2.05) is 0 Å². The maximum atomic E-state index is 5.79. The van der Waals surface area contributed by atoms with Crippen molar-refractivity contribution in [2.75, 3.05) is 0 Å². The number of halogens is 1. The van der Waals surface area contributed by atoms with Crippen LogP contribution in [0.25, 0.3) is 0 Å². The molecule has 5 heteroatoms. The second-order valence-corrected chi connectivity index (χ2v) is 9.29. The number of rotatable bonds is 0. The number of fused-ring (bicyclic) bond motifs is 1. The van der Waals surface area contributed by atoms with E-state index in [2.05, 4.69) is 21.8 Å². The maximum absolute atomic E-state index is 5.79. The molecule has 0 aromatic carbocycles. The van der Waals surface area contributed by atoms with Gasteiger partial charge in [0, 0.05) is 0 Å². The van der Waals surface area contributed by atoms with Crippen molar-refractivity contribution in [2.24, 2.45) is 0 Å². The Hall–Kier alpha value is 0.827. The van der Waals surface area contributed by atoms with E-state index in [9.17, 15) is 0 Å². The quantitative estimate of drug-likeness (QED) is 0.386. The third-order valence-corrected chi connectivity index (χ3v) is 6.83. The molecular formula is C7H11IO3Si. The van der Waals surface area contributed by atoms with Crippen molar-refractivity contribution in [3.05, 3.63) is 0 Å². The zero-order valence-electron chi connectivity index (χ0n) is 6.66. The first-order chi connectivity index (χ1) is 5.77. The predicted octanol–water partition coefficient (Wildman–Crippen LogP) is 1.61. The Labute approximate surface area is 85.3 Å². The van der Waals surface area contributed by atoms with E-state index >= 15 is 0 Å². The monoisotopic (exact) mass is 298 g/mol. The summed E-state index contributed by atoms with van der Waals surface area (Å²) in [6, 6.07) is 0. The van der Waals surface area contributed by atoms with Gasteiger partial charge in [-0.1, -0.05) is 12.8 Å². The SMILES string of the molecule is I[Si]12OC3CCCCC(O1)C3O2. The van der Waals surface area contributed by atoms with Crippen LogP contribution >= 0.6 is 21.8 Å². The fourth-order valence-corrected chi connectivity index (χ4v) is 7.13. The van der Waals surface area contributed by atoms with Gasteiger partial charge < -0.3 is 13.3 Å².